The second-order valence-corrected chi connectivity index (χ2v) is 9.83. The molecule has 3 aromatic carbocycles. The standard InChI is InChI=1S/C30H35ClN2O3/c1-3-24(33-19-17-26(21-33)36-25-14-15-27(31)28(20-25)35-2)16-18-30(29(32)34,22-10-6-4-7-11-22)23-12-8-5-9-13-23/h4-15,20,24,26H,3,16-19,21H2,1-2H3,(H2,32,34). The molecule has 1 aliphatic rings. The molecule has 6 heteroatoms. The van der Waals surface area contributed by atoms with Gasteiger partial charge in [0.15, 0.2) is 0 Å². The van der Waals surface area contributed by atoms with E-state index in [0.717, 1.165) is 49.2 Å². The van der Waals surface area contributed by atoms with Crippen LogP contribution in [0.2, 0.25) is 5.02 Å². The van der Waals surface area contributed by atoms with Gasteiger partial charge in [0.25, 0.3) is 0 Å². The minimum Gasteiger partial charge on any atom is -0.495 e. The smallest absolute Gasteiger partial charge is 0.232 e. The summed E-state index contributed by atoms with van der Waals surface area (Å²) in [6.45, 7) is 4.00. The second-order valence-electron chi connectivity index (χ2n) is 9.42. The summed E-state index contributed by atoms with van der Waals surface area (Å²) in [4.78, 5) is 15.6. The highest BCUT2D eigenvalue weighted by Crippen LogP contribution is 2.38. The van der Waals surface area contributed by atoms with Crippen molar-refractivity contribution in [1.29, 1.82) is 0 Å². The number of ether oxygens (including phenoxy) is 2. The van der Waals surface area contributed by atoms with Gasteiger partial charge in [-0.25, -0.2) is 0 Å². The number of primary amides is 1. The quantitative estimate of drug-likeness (QED) is 0.355. The van der Waals surface area contributed by atoms with Gasteiger partial charge in [0, 0.05) is 25.2 Å². The molecule has 2 unspecified atom stereocenters. The fourth-order valence-electron chi connectivity index (χ4n) is 5.42. The van der Waals surface area contributed by atoms with E-state index in [1.165, 1.54) is 0 Å². The van der Waals surface area contributed by atoms with Gasteiger partial charge in [-0.2, -0.15) is 0 Å². The lowest BCUT2D eigenvalue weighted by Crippen LogP contribution is -2.44. The van der Waals surface area contributed by atoms with Gasteiger partial charge in [-0.3, -0.25) is 9.69 Å². The number of methoxy groups -OCH3 is 1. The minimum atomic E-state index is -0.870. The molecular weight excluding hydrogens is 472 g/mol. The molecule has 0 saturated carbocycles. The fourth-order valence-corrected chi connectivity index (χ4v) is 5.62. The van der Waals surface area contributed by atoms with Crippen LogP contribution in [0.15, 0.2) is 78.9 Å². The highest BCUT2D eigenvalue weighted by Gasteiger charge is 2.41. The largest absolute Gasteiger partial charge is 0.495 e. The highest BCUT2D eigenvalue weighted by molar-refractivity contribution is 6.32. The first-order valence-electron chi connectivity index (χ1n) is 12.6. The monoisotopic (exact) mass is 506 g/mol. The topological polar surface area (TPSA) is 64.8 Å². The van der Waals surface area contributed by atoms with Gasteiger partial charge < -0.3 is 15.2 Å². The van der Waals surface area contributed by atoms with Gasteiger partial charge in [0.05, 0.1) is 17.5 Å². The van der Waals surface area contributed by atoms with Gasteiger partial charge in [-0.1, -0.05) is 79.2 Å². The first-order valence-corrected chi connectivity index (χ1v) is 13.0. The summed E-state index contributed by atoms with van der Waals surface area (Å²) < 4.78 is 11.6. The molecule has 0 aromatic heterocycles. The SMILES string of the molecule is CCC(CCC(C(N)=O)(c1ccccc1)c1ccccc1)N1CCC(Oc2ccc(Cl)c(OC)c2)C1. The Balaban J connectivity index is 1.49. The summed E-state index contributed by atoms with van der Waals surface area (Å²) in [6, 6.07) is 25.7. The lowest BCUT2D eigenvalue weighted by Gasteiger charge is -2.35. The van der Waals surface area contributed by atoms with Crippen molar-refractivity contribution in [3.8, 4) is 11.5 Å². The first kappa shape index (κ1) is 26.1. The molecule has 2 atom stereocenters. The number of amides is 1. The van der Waals surface area contributed by atoms with E-state index in [1.807, 2.05) is 72.8 Å². The van der Waals surface area contributed by atoms with Crippen LogP contribution in [0.1, 0.15) is 43.7 Å². The zero-order valence-electron chi connectivity index (χ0n) is 21.0. The Bertz CT molecular complexity index is 1100. The summed E-state index contributed by atoms with van der Waals surface area (Å²) in [6.07, 6.45) is 3.52. The predicted molar refractivity (Wildman–Crippen MR) is 145 cm³/mol. The second kappa shape index (κ2) is 11.8. The van der Waals surface area contributed by atoms with Crippen LogP contribution in [0, 0.1) is 0 Å². The molecule has 0 radical (unpaired) electrons. The number of hydrogen-bond acceptors (Lipinski definition) is 4. The molecule has 36 heavy (non-hydrogen) atoms. The molecular formula is C30H35ClN2O3. The van der Waals surface area contributed by atoms with Crippen LogP contribution < -0.4 is 15.2 Å². The summed E-state index contributed by atoms with van der Waals surface area (Å²) in [7, 11) is 1.60. The number of benzene rings is 3. The third-order valence-corrected chi connectivity index (χ3v) is 7.71. The Morgan fingerprint density at radius 2 is 1.72 bits per heavy atom. The Morgan fingerprint density at radius 3 is 2.28 bits per heavy atom. The molecule has 190 valence electrons. The van der Waals surface area contributed by atoms with Crippen molar-refractivity contribution in [3.05, 3.63) is 95.0 Å². The minimum absolute atomic E-state index is 0.0917. The lowest BCUT2D eigenvalue weighted by molar-refractivity contribution is -0.122. The number of rotatable bonds is 11. The van der Waals surface area contributed by atoms with Gasteiger partial charge >= 0.3 is 0 Å². The van der Waals surface area contributed by atoms with Crippen molar-refractivity contribution < 1.29 is 14.3 Å². The number of carbonyl (C=O) groups is 1. The summed E-state index contributed by atoms with van der Waals surface area (Å²) in [5.74, 6) is 1.06. The molecule has 5 nitrogen and oxygen atoms in total. The number of likely N-dealkylation sites (tertiary alicyclic amines) is 1. The molecule has 0 bridgehead atoms. The third-order valence-electron chi connectivity index (χ3n) is 7.40. The molecule has 4 rings (SSSR count). The Kier molecular flexibility index (Phi) is 8.55. The molecule has 1 fully saturated rings. The van der Waals surface area contributed by atoms with Crippen molar-refractivity contribution in [1.82, 2.24) is 4.90 Å². The van der Waals surface area contributed by atoms with Crippen molar-refractivity contribution in [3.63, 3.8) is 0 Å². The van der Waals surface area contributed by atoms with E-state index in [0.29, 0.717) is 23.2 Å². The zero-order valence-corrected chi connectivity index (χ0v) is 21.8. The molecule has 3 aromatic rings. The molecule has 1 heterocycles. The number of nitrogens with two attached hydrogens (primary N) is 1. The highest BCUT2D eigenvalue weighted by atomic mass is 35.5. The fraction of sp³-hybridized carbons (Fsp3) is 0.367. The van der Waals surface area contributed by atoms with Gasteiger partial charge in [-0.15, -0.1) is 0 Å². The van der Waals surface area contributed by atoms with Crippen molar-refractivity contribution >= 4 is 17.5 Å². The third kappa shape index (κ3) is 5.53. The Morgan fingerprint density at radius 1 is 1.08 bits per heavy atom. The first-order chi connectivity index (χ1) is 17.5. The van der Waals surface area contributed by atoms with Crippen molar-refractivity contribution in [2.75, 3.05) is 20.2 Å². The number of hydrogen-bond donors (Lipinski definition) is 1. The normalized spacial score (nSPS) is 17.0. The average molecular weight is 507 g/mol. The van der Waals surface area contributed by atoms with Crippen LogP contribution in [-0.4, -0.2) is 43.2 Å². The van der Waals surface area contributed by atoms with Crippen molar-refractivity contribution in [2.45, 2.75) is 50.2 Å². The van der Waals surface area contributed by atoms with E-state index in [-0.39, 0.29) is 12.0 Å². The molecule has 0 aliphatic carbocycles. The maximum absolute atomic E-state index is 13.1. The number of carbonyl (C=O) groups excluding carboxylic acids is 1. The lowest BCUT2D eigenvalue weighted by atomic mass is 9.70. The molecule has 2 N–H and O–H groups in total. The summed E-state index contributed by atoms with van der Waals surface area (Å²) in [5.41, 5.74) is 7.18. The van der Waals surface area contributed by atoms with E-state index in [4.69, 9.17) is 26.8 Å². The van der Waals surface area contributed by atoms with Crippen LogP contribution >= 0.6 is 11.6 Å². The van der Waals surface area contributed by atoms with E-state index in [9.17, 15) is 4.79 Å². The number of nitrogens with zero attached hydrogens (tertiary/aromatic N) is 1. The van der Waals surface area contributed by atoms with E-state index < -0.39 is 5.41 Å². The predicted octanol–water partition coefficient (Wildman–Crippen LogP) is 5.83. The van der Waals surface area contributed by atoms with Crippen LogP contribution in [0.5, 0.6) is 11.5 Å². The zero-order chi connectivity index (χ0) is 25.5. The van der Waals surface area contributed by atoms with E-state index >= 15 is 0 Å². The summed E-state index contributed by atoms with van der Waals surface area (Å²) >= 11 is 6.16. The van der Waals surface area contributed by atoms with Crippen LogP contribution in [0.25, 0.3) is 0 Å². The van der Waals surface area contributed by atoms with E-state index in [1.54, 1.807) is 13.2 Å². The molecule has 1 aliphatic heterocycles. The molecule has 0 spiro atoms. The summed E-state index contributed by atoms with van der Waals surface area (Å²) in [5, 5.41) is 0.568. The molecule has 1 saturated heterocycles. The van der Waals surface area contributed by atoms with Gasteiger partial charge in [0.1, 0.15) is 17.6 Å². The number of halogens is 1. The Hall–Kier alpha value is -3.02. The van der Waals surface area contributed by atoms with Crippen LogP contribution in [0.4, 0.5) is 0 Å². The maximum Gasteiger partial charge on any atom is 0.232 e. The average Bonchev–Trinajstić information content (AvgIpc) is 3.37. The Labute approximate surface area is 219 Å². The van der Waals surface area contributed by atoms with Crippen molar-refractivity contribution in [2.24, 2.45) is 5.73 Å². The molecule has 1 amide bonds. The van der Waals surface area contributed by atoms with Crippen LogP contribution in [0.3, 0.4) is 0 Å². The van der Waals surface area contributed by atoms with Gasteiger partial charge in [0.2, 0.25) is 5.91 Å². The van der Waals surface area contributed by atoms with Crippen LogP contribution in [-0.2, 0) is 10.2 Å². The van der Waals surface area contributed by atoms with Gasteiger partial charge in [-0.05, 0) is 48.9 Å². The van der Waals surface area contributed by atoms with E-state index in [2.05, 4.69) is 11.8 Å². The maximum atomic E-state index is 13.1.